The van der Waals surface area contributed by atoms with Gasteiger partial charge in [0.05, 0.1) is 18.3 Å². The van der Waals surface area contributed by atoms with Crippen molar-refractivity contribution >= 4 is 33.8 Å². The second-order valence-corrected chi connectivity index (χ2v) is 13.7. The minimum Gasteiger partial charge on any atom is -0.494 e. The maximum atomic E-state index is 13.8. The van der Waals surface area contributed by atoms with E-state index >= 15 is 0 Å². The van der Waals surface area contributed by atoms with Gasteiger partial charge in [-0.3, -0.25) is 9.59 Å². The van der Waals surface area contributed by atoms with Gasteiger partial charge in [-0.15, -0.1) is 0 Å². The molecule has 2 saturated carbocycles. The number of hydrogen-bond acceptors (Lipinski definition) is 5. The lowest BCUT2D eigenvalue weighted by Gasteiger charge is -2.27. The van der Waals surface area contributed by atoms with Crippen molar-refractivity contribution in [3.05, 3.63) is 71.3 Å². The van der Waals surface area contributed by atoms with Crippen LogP contribution in [0.5, 0.6) is 5.75 Å². The van der Waals surface area contributed by atoms with Gasteiger partial charge in [-0.2, -0.15) is 0 Å². The molecule has 5 aromatic rings. The minimum atomic E-state index is 0.00180. The Bertz CT molecular complexity index is 2090. The number of nitrogens with two attached hydrogens (primary N) is 1. The van der Waals surface area contributed by atoms with Crippen LogP contribution in [0.25, 0.3) is 44.6 Å². The van der Waals surface area contributed by atoms with Crippen LogP contribution in [0, 0.1) is 11.8 Å². The highest BCUT2D eigenvalue weighted by atomic mass is 16.5. The lowest BCUT2D eigenvalue weighted by atomic mass is 9.95. The summed E-state index contributed by atoms with van der Waals surface area (Å²) >= 11 is 0. The zero-order chi connectivity index (χ0) is 31.3. The predicted octanol–water partition coefficient (Wildman–Crippen LogP) is 5.13. The average Bonchev–Trinajstić information content (AvgIpc) is 3.48. The number of hydrogen-bond donors (Lipinski definition) is 2. The molecule has 2 aromatic heterocycles. The molecule has 9 rings (SSSR count). The van der Waals surface area contributed by atoms with Crippen LogP contribution < -0.4 is 15.8 Å². The maximum Gasteiger partial charge on any atom is 0.254 e. The van der Waals surface area contributed by atoms with E-state index in [2.05, 4.69) is 50.8 Å². The van der Waals surface area contributed by atoms with Crippen LogP contribution >= 0.6 is 0 Å². The van der Waals surface area contributed by atoms with Crippen LogP contribution in [0.15, 0.2) is 54.6 Å². The summed E-state index contributed by atoms with van der Waals surface area (Å²) < 4.78 is 10.4. The highest BCUT2D eigenvalue weighted by molar-refractivity contribution is 6.01. The number of carbonyl (C=O) groups excluding carboxylic acids is 2. The van der Waals surface area contributed by atoms with Crippen molar-refractivity contribution in [1.82, 2.24) is 24.3 Å². The fourth-order valence-electron chi connectivity index (χ4n) is 8.23. The number of piperidine rings is 1. The Morgan fingerprint density at radius 1 is 1.04 bits per heavy atom. The van der Waals surface area contributed by atoms with Crippen molar-refractivity contribution in [2.45, 2.75) is 50.7 Å². The summed E-state index contributed by atoms with van der Waals surface area (Å²) in [5.41, 5.74) is 14.8. The largest absolute Gasteiger partial charge is 0.494 e. The normalized spacial score (nSPS) is 22.1. The number of fused-ring (bicyclic) bond motifs is 5. The molecule has 3 atom stereocenters. The second-order valence-electron chi connectivity index (χ2n) is 13.7. The summed E-state index contributed by atoms with van der Waals surface area (Å²) in [6, 6.07) is 19.0. The van der Waals surface area contributed by atoms with Crippen LogP contribution in [0.2, 0.25) is 0 Å². The van der Waals surface area contributed by atoms with E-state index < -0.39 is 0 Å². The highest BCUT2D eigenvalue weighted by Gasteiger charge is 2.47. The monoisotopic (exact) mass is 614 g/mol. The summed E-state index contributed by atoms with van der Waals surface area (Å²) in [4.78, 5) is 33.5. The number of benzene rings is 3. The first-order chi connectivity index (χ1) is 22.4. The van der Waals surface area contributed by atoms with Crippen LogP contribution in [-0.2, 0) is 20.0 Å². The molecule has 2 aliphatic carbocycles. The van der Waals surface area contributed by atoms with E-state index in [9.17, 15) is 9.59 Å². The Hall–Kier alpha value is -4.63. The fourth-order valence-corrected chi connectivity index (χ4v) is 8.23. The van der Waals surface area contributed by atoms with Crippen LogP contribution in [0.3, 0.4) is 0 Å². The van der Waals surface area contributed by atoms with E-state index in [-0.39, 0.29) is 23.9 Å². The van der Waals surface area contributed by atoms with Crippen molar-refractivity contribution in [2.75, 3.05) is 20.2 Å². The molecule has 2 bridgehead atoms. The Balaban J connectivity index is 1.14. The fraction of sp³-hybridized carbons (Fsp3) is 0.378. The quantitative estimate of drug-likeness (QED) is 0.276. The SMILES string of the molecule is COc1cc(C(=O)N2C[C@H]3CC[C@@H]2[C@@H]3N)cc2nc(-c3cc4ccc(-c5ccc6c(c5)C(=O)NCC6)cc4n3CC3CC3)n(C)c12. The topological polar surface area (TPSA) is 107 Å². The molecule has 3 fully saturated rings. The summed E-state index contributed by atoms with van der Waals surface area (Å²) in [6.07, 6.45) is 5.38. The molecule has 0 unspecified atom stereocenters. The predicted molar refractivity (Wildman–Crippen MR) is 178 cm³/mol. The third kappa shape index (κ3) is 4.21. The Morgan fingerprint density at radius 3 is 2.63 bits per heavy atom. The van der Waals surface area contributed by atoms with Gasteiger partial charge in [0, 0.05) is 60.8 Å². The number of methoxy groups -OCH3 is 1. The molecule has 3 aromatic carbocycles. The van der Waals surface area contributed by atoms with Crippen molar-refractivity contribution in [2.24, 2.45) is 24.6 Å². The van der Waals surface area contributed by atoms with E-state index in [4.69, 9.17) is 15.5 Å². The minimum absolute atomic E-state index is 0.00180. The highest BCUT2D eigenvalue weighted by Crippen LogP contribution is 2.41. The lowest BCUT2D eigenvalue weighted by molar-refractivity contribution is 0.0700. The molecule has 4 aliphatic rings. The molecule has 3 N–H and O–H groups in total. The summed E-state index contributed by atoms with van der Waals surface area (Å²) in [5, 5.41) is 4.12. The molecular formula is C37H38N6O3. The number of amides is 2. The number of nitrogens with zero attached hydrogens (tertiary/aromatic N) is 4. The van der Waals surface area contributed by atoms with E-state index in [1.807, 2.05) is 30.1 Å². The van der Waals surface area contributed by atoms with E-state index in [0.717, 1.165) is 88.1 Å². The molecule has 46 heavy (non-hydrogen) atoms. The van der Waals surface area contributed by atoms with Crippen LogP contribution in [0.4, 0.5) is 0 Å². The smallest absolute Gasteiger partial charge is 0.254 e. The molecule has 234 valence electrons. The van der Waals surface area contributed by atoms with Crippen molar-refractivity contribution in [3.8, 4) is 28.4 Å². The van der Waals surface area contributed by atoms with Gasteiger partial charge in [-0.1, -0.05) is 24.3 Å². The number of aryl methyl sites for hydroxylation is 1. The Labute approximate surface area is 267 Å². The van der Waals surface area contributed by atoms with E-state index in [1.54, 1.807) is 7.11 Å². The number of rotatable bonds is 6. The number of nitrogens with one attached hydrogen (secondary N) is 1. The van der Waals surface area contributed by atoms with Gasteiger partial charge < -0.3 is 29.8 Å². The van der Waals surface area contributed by atoms with E-state index in [1.165, 1.54) is 12.8 Å². The first-order valence-corrected chi connectivity index (χ1v) is 16.5. The number of ether oxygens (including phenoxy) is 1. The first-order valence-electron chi connectivity index (χ1n) is 16.5. The number of aromatic nitrogens is 3. The number of carbonyl (C=O) groups is 2. The summed E-state index contributed by atoms with van der Waals surface area (Å²) in [5.74, 6) is 2.51. The summed E-state index contributed by atoms with van der Waals surface area (Å²) in [7, 11) is 3.68. The average molecular weight is 615 g/mol. The second kappa shape index (κ2) is 10.2. The molecule has 0 spiro atoms. The van der Waals surface area contributed by atoms with Crippen molar-refractivity contribution in [1.29, 1.82) is 0 Å². The Morgan fingerprint density at radius 2 is 1.87 bits per heavy atom. The third-order valence-electron chi connectivity index (χ3n) is 11.0. The van der Waals surface area contributed by atoms with Crippen LogP contribution in [-0.4, -0.2) is 63.1 Å². The lowest BCUT2D eigenvalue weighted by Crippen LogP contribution is -2.41. The van der Waals surface area contributed by atoms with Gasteiger partial charge in [-0.05, 0) is 91.0 Å². The third-order valence-corrected chi connectivity index (χ3v) is 11.0. The maximum absolute atomic E-state index is 13.8. The molecule has 9 nitrogen and oxygen atoms in total. The molecule has 0 radical (unpaired) electrons. The van der Waals surface area contributed by atoms with Gasteiger partial charge in [0.15, 0.2) is 5.82 Å². The van der Waals surface area contributed by atoms with Crippen LogP contribution in [0.1, 0.15) is 52.0 Å². The molecule has 1 saturated heterocycles. The molecule has 2 aliphatic heterocycles. The zero-order valence-electron chi connectivity index (χ0n) is 26.3. The van der Waals surface area contributed by atoms with E-state index in [0.29, 0.717) is 29.7 Å². The van der Waals surface area contributed by atoms with Gasteiger partial charge in [0.2, 0.25) is 0 Å². The van der Waals surface area contributed by atoms with Crippen molar-refractivity contribution < 1.29 is 14.3 Å². The number of likely N-dealkylation sites (tertiary alicyclic amines) is 1. The molecular weight excluding hydrogens is 576 g/mol. The van der Waals surface area contributed by atoms with Gasteiger partial charge in [0.1, 0.15) is 11.3 Å². The first kappa shape index (κ1) is 27.7. The van der Waals surface area contributed by atoms with Crippen molar-refractivity contribution in [3.63, 3.8) is 0 Å². The zero-order valence-corrected chi connectivity index (χ0v) is 26.3. The number of imidazole rings is 1. The molecule has 9 heteroatoms. The van der Waals surface area contributed by atoms with Gasteiger partial charge in [-0.25, -0.2) is 4.98 Å². The summed E-state index contributed by atoms with van der Waals surface area (Å²) in [6.45, 7) is 2.32. The van der Waals surface area contributed by atoms with Gasteiger partial charge >= 0.3 is 0 Å². The standard InChI is InChI=1S/C37H38N6O3/c1-41-34-28(14-26(17-32(34)46-2)37(45)43-19-25-9-10-29(43)33(25)38)40-35(41)31-16-24-8-7-23(15-30(24)42(31)18-20-3-4-20)22-6-5-21-11-12-39-36(44)27(21)13-22/h5-8,13-17,20,25,29,33H,3-4,9-12,18-19,38H2,1-2H3,(H,39,44)/t25-,29-,33-/m1/s1. The Kier molecular flexibility index (Phi) is 6.13. The molecule has 2 amide bonds. The molecule has 4 heterocycles. The van der Waals surface area contributed by atoms with Gasteiger partial charge in [0.25, 0.3) is 11.8 Å².